The first-order chi connectivity index (χ1) is 14.3. The number of carbonyl (C=O) groups is 1. The zero-order valence-corrected chi connectivity index (χ0v) is 18.9. The second-order valence-electron chi connectivity index (χ2n) is 6.37. The van der Waals surface area contributed by atoms with Crippen molar-refractivity contribution < 1.29 is 17.6 Å². The number of aliphatic imine (C=N–C) groups is 1. The predicted octanol–water partition coefficient (Wildman–Crippen LogP) is 3.20. The summed E-state index contributed by atoms with van der Waals surface area (Å²) in [6, 6.07) is 11.9. The van der Waals surface area contributed by atoms with E-state index in [0.717, 1.165) is 9.13 Å². The summed E-state index contributed by atoms with van der Waals surface area (Å²) < 4.78 is 33.4. The third kappa shape index (κ3) is 4.35. The Hall–Kier alpha value is -2.44. The molecule has 1 unspecified atom stereocenters. The molecule has 0 fully saturated rings. The summed E-state index contributed by atoms with van der Waals surface area (Å²) in [5, 5.41) is 3.23. The highest BCUT2D eigenvalue weighted by molar-refractivity contribution is 14.1. The van der Waals surface area contributed by atoms with E-state index in [-0.39, 0.29) is 23.0 Å². The summed E-state index contributed by atoms with van der Waals surface area (Å²) in [4.78, 5) is 21.0. The number of carbonyl (C=O) groups excluding carboxylic acids is 1. The van der Waals surface area contributed by atoms with Gasteiger partial charge in [-0.05, 0) is 58.5 Å². The third-order valence-electron chi connectivity index (χ3n) is 4.36. The maximum atomic E-state index is 12.7. The molecule has 0 saturated carbocycles. The summed E-state index contributed by atoms with van der Waals surface area (Å²) in [5.74, 6) is -0.997. The van der Waals surface area contributed by atoms with Gasteiger partial charge in [0.05, 0.1) is 17.8 Å². The molecule has 3 aromatic rings. The van der Waals surface area contributed by atoms with Gasteiger partial charge < -0.3 is 9.73 Å². The standard InChI is InChI=1S/C19H14ClIN4O4S/c20-12-3-1-2-11(8-12)14(19-22-6-7-29-19)10-23-18(26)17-24-15-5-4-13(21)9-16(15)30(27,28)25-17/h1-9,14H,10H2,(H,23,26)(H,24,25). The molecule has 0 saturated heterocycles. The normalized spacial score (nSPS) is 15.5. The Morgan fingerprint density at radius 3 is 2.83 bits per heavy atom. The van der Waals surface area contributed by atoms with Crippen molar-refractivity contribution >= 4 is 61.6 Å². The lowest BCUT2D eigenvalue weighted by molar-refractivity contribution is -0.115. The molecule has 2 heterocycles. The lowest BCUT2D eigenvalue weighted by Crippen LogP contribution is -2.45. The van der Waals surface area contributed by atoms with Crippen molar-refractivity contribution in [3.63, 3.8) is 0 Å². The van der Waals surface area contributed by atoms with Crippen molar-refractivity contribution in [1.82, 2.24) is 15.0 Å². The number of halogens is 2. The van der Waals surface area contributed by atoms with Gasteiger partial charge in [0.25, 0.3) is 15.9 Å². The molecular weight excluding hydrogens is 543 g/mol. The van der Waals surface area contributed by atoms with Crippen LogP contribution < -0.4 is 10.0 Å². The van der Waals surface area contributed by atoms with Crippen LogP contribution in [-0.4, -0.2) is 31.7 Å². The van der Waals surface area contributed by atoms with Crippen LogP contribution in [0.1, 0.15) is 17.4 Å². The van der Waals surface area contributed by atoms with Crippen LogP contribution in [0.25, 0.3) is 0 Å². The van der Waals surface area contributed by atoms with Gasteiger partial charge >= 0.3 is 0 Å². The van der Waals surface area contributed by atoms with E-state index >= 15 is 0 Å². The van der Waals surface area contributed by atoms with Crippen LogP contribution in [0.2, 0.25) is 5.02 Å². The molecular formula is C19H14ClIN4O4S. The van der Waals surface area contributed by atoms with Gasteiger partial charge in [-0.15, -0.1) is 0 Å². The molecule has 154 valence electrons. The molecule has 11 heteroatoms. The Kier molecular flexibility index (Phi) is 5.80. The van der Waals surface area contributed by atoms with E-state index in [1.54, 1.807) is 30.3 Å². The average Bonchev–Trinajstić information content (AvgIpc) is 3.22. The van der Waals surface area contributed by atoms with Crippen LogP contribution in [0.4, 0.5) is 5.69 Å². The Labute approximate surface area is 190 Å². The highest BCUT2D eigenvalue weighted by Crippen LogP contribution is 2.29. The monoisotopic (exact) mass is 556 g/mol. The maximum Gasteiger partial charge on any atom is 0.287 e. The highest BCUT2D eigenvalue weighted by Gasteiger charge is 2.29. The molecule has 4 rings (SSSR count). The minimum Gasteiger partial charge on any atom is -0.448 e. The first-order valence-electron chi connectivity index (χ1n) is 8.67. The van der Waals surface area contributed by atoms with Crippen LogP contribution in [0.5, 0.6) is 0 Å². The predicted molar refractivity (Wildman–Crippen MR) is 119 cm³/mol. The van der Waals surface area contributed by atoms with Crippen molar-refractivity contribution in [3.05, 3.63) is 75.0 Å². The smallest absolute Gasteiger partial charge is 0.287 e. The largest absolute Gasteiger partial charge is 0.448 e. The molecule has 1 aliphatic rings. The molecule has 0 radical (unpaired) electrons. The van der Waals surface area contributed by atoms with Gasteiger partial charge in [0.15, 0.2) is 0 Å². The second-order valence-corrected chi connectivity index (χ2v) is 9.70. The van der Waals surface area contributed by atoms with Crippen LogP contribution in [-0.2, 0) is 14.8 Å². The SMILES string of the molecule is O=C(NCC(c1cccc(Cl)c1)c1ncco1)C1=Nc2ccc(I)cc2S(=O)(=O)N1. The van der Waals surface area contributed by atoms with Crippen LogP contribution in [0, 0.1) is 3.57 Å². The van der Waals surface area contributed by atoms with Crippen molar-refractivity contribution in [1.29, 1.82) is 0 Å². The summed E-state index contributed by atoms with van der Waals surface area (Å²) in [6.45, 7) is 0.0972. The van der Waals surface area contributed by atoms with E-state index in [9.17, 15) is 13.2 Å². The van der Waals surface area contributed by atoms with E-state index in [2.05, 4.69) is 20.0 Å². The molecule has 1 amide bonds. The number of amidine groups is 1. The number of aromatic nitrogens is 1. The van der Waals surface area contributed by atoms with Crippen LogP contribution in [0.3, 0.4) is 0 Å². The number of hydrogen-bond acceptors (Lipinski definition) is 6. The minimum atomic E-state index is -3.89. The van der Waals surface area contributed by atoms with Gasteiger partial charge in [-0.2, -0.15) is 0 Å². The van der Waals surface area contributed by atoms with Crippen molar-refractivity contribution in [2.75, 3.05) is 6.54 Å². The van der Waals surface area contributed by atoms with Gasteiger partial charge in [-0.3, -0.25) is 9.52 Å². The zero-order chi connectivity index (χ0) is 21.3. The number of nitrogens with one attached hydrogen (secondary N) is 2. The minimum absolute atomic E-state index is 0.0301. The first-order valence-corrected chi connectivity index (χ1v) is 11.6. The van der Waals surface area contributed by atoms with E-state index in [0.29, 0.717) is 10.9 Å². The van der Waals surface area contributed by atoms with Crippen molar-refractivity contribution in [3.8, 4) is 0 Å². The Morgan fingerprint density at radius 1 is 1.27 bits per heavy atom. The average molecular weight is 557 g/mol. The number of fused-ring (bicyclic) bond motifs is 1. The molecule has 0 aliphatic carbocycles. The molecule has 8 nitrogen and oxygen atoms in total. The summed E-state index contributed by atoms with van der Waals surface area (Å²) in [6.07, 6.45) is 2.94. The van der Waals surface area contributed by atoms with Gasteiger partial charge in [-0.1, -0.05) is 23.7 Å². The van der Waals surface area contributed by atoms with E-state index in [1.807, 2.05) is 28.7 Å². The number of hydrogen-bond donors (Lipinski definition) is 2. The van der Waals surface area contributed by atoms with E-state index < -0.39 is 21.8 Å². The van der Waals surface area contributed by atoms with Gasteiger partial charge in [0.1, 0.15) is 11.2 Å². The Balaban J connectivity index is 1.58. The van der Waals surface area contributed by atoms with Crippen LogP contribution >= 0.6 is 34.2 Å². The van der Waals surface area contributed by atoms with Crippen molar-refractivity contribution in [2.24, 2.45) is 4.99 Å². The number of oxazole rings is 1. The van der Waals surface area contributed by atoms with Gasteiger partial charge in [-0.25, -0.2) is 18.4 Å². The van der Waals surface area contributed by atoms with Gasteiger partial charge in [0.2, 0.25) is 11.7 Å². The molecule has 2 N–H and O–H groups in total. The highest BCUT2D eigenvalue weighted by atomic mass is 127. The van der Waals surface area contributed by atoms with E-state index in [4.69, 9.17) is 16.0 Å². The summed E-state index contributed by atoms with van der Waals surface area (Å²) in [5.41, 5.74) is 0.995. The number of benzene rings is 2. The molecule has 0 bridgehead atoms. The number of amides is 1. The molecule has 1 aliphatic heterocycles. The topological polar surface area (TPSA) is 114 Å². The van der Waals surface area contributed by atoms with Crippen LogP contribution in [0.15, 0.2) is 69.2 Å². The molecule has 2 aromatic carbocycles. The molecule has 1 atom stereocenters. The third-order valence-corrected chi connectivity index (χ3v) is 6.63. The lowest BCUT2D eigenvalue weighted by Gasteiger charge is -2.19. The fourth-order valence-electron chi connectivity index (χ4n) is 2.97. The fraction of sp³-hybridized carbons (Fsp3) is 0.105. The van der Waals surface area contributed by atoms with E-state index in [1.165, 1.54) is 18.5 Å². The second kappa shape index (κ2) is 8.36. The summed E-state index contributed by atoms with van der Waals surface area (Å²) >= 11 is 8.10. The molecule has 0 spiro atoms. The number of sulfonamides is 1. The molecule has 30 heavy (non-hydrogen) atoms. The summed E-state index contributed by atoms with van der Waals surface area (Å²) in [7, 11) is -3.89. The zero-order valence-electron chi connectivity index (χ0n) is 15.2. The molecule has 1 aromatic heterocycles. The first kappa shape index (κ1) is 20.8. The lowest BCUT2D eigenvalue weighted by atomic mass is 9.99. The Morgan fingerprint density at radius 2 is 2.10 bits per heavy atom. The van der Waals surface area contributed by atoms with Crippen molar-refractivity contribution in [2.45, 2.75) is 10.8 Å². The number of rotatable bonds is 5. The number of nitrogens with zero attached hydrogens (tertiary/aromatic N) is 2. The fourth-order valence-corrected chi connectivity index (χ4v) is 5.05. The Bertz CT molecular complexity index is 1250. The quantitative estimate of drug-likeness (QED) is 0.469. The maximum absolute atomic E-state index is 12.7. The van der Waals surface area contributed by atoms with Gasteiger partial charge in [0, 0.05) is 15.1 Å².